The number of rotatable bonds is 10. The Morgan fingerprint density at radius 3 is 2.54 bits per heavy atom. The summed E-state index contributed by atoms with van der Waals surface area (Å²) >= 11 is 0. The minimum absolute atomic E-state index is 0.155. The number of hydrogen-bond donors (Lipinski definition) is 3. The summed E-state index contributed by atoms with van der Waals surface area (Å²) in [5.74, 6) is -1.90. The molecule has 2 amide bonds. The quantitative estimate of drug-likeness (QED) is 0.330. The number of carbonyl (C=O) groups is 2. The number of phenolic OH excluding ortho intramolecular Hbond substituents is 1. The van der Waals surface area contributed by atoms with Gasteiger partial charge in [-0.2, -0.15) is 0 Å². The number of fused-ring (bicyclic) bond motifs is 1. The van der Waals surface area contributed by atoms with E-state index in [1.165, 1.54) is 4.90 Å². The molecule has 7 nitrogen and oxygen atoms in total. The molecule has 196 valence electrons. The van der Waals surface area contributed by atoms with E-state index in [1.54, 1.807) is 18.3 Å². The predicted octanol–water partition coefficient (Wildman–Crippen LogP) is 4.20. The van der Waals surface area contributed by atoms with E-state index in [2.05, 4.69) is 4.98 Å². The number of aliphatic hydroxyl groups is 2. The van der Waals surface area contributed by atoms with Crippen molar-refractivity contribution in [1.29, 1.82) is 0 Å². The van der Waals surface area contributed by atoms with Crippen molar-refractivity contribution in [1.82, 2.24) is 9.88 Å². The molecule has 0 saturated carbocycles. The molecule has 0 spiro atoms. The number of aliphatic hydroxyl groups excluding tert-OH is 2. The number of likely N-dealkylation sites (tertiary alicyclic amines) is 1. The van der Waals surface area contributed by atoms with Crippen molar-refractivity contribution in [2.24, 2.45) is 17.8 Å². The van der Waals surface area contributed by atoms with E-state index in [-0.39, 0.29) is 24.2 Å². The topological polar surface area (TPSA) is 111 Å². The van der Waals surface area contributed by atoms with Crippen molar-refractivity contribution in [3.8, 4) is 5.75 Å². The lowest BCUT2D eigenvalue weighted by Gasteiger charge is -2.36. The Balaban J connectivity index is 1.62. The minimum atomic E-state index is -0.882. The monoisotopic (exact) mass is 504 g/mol. The molecule has 1 saturated heterocycles. The molecule has 1 aliphatic heterocycles. The second-order valence-corrected chi connectivity index (χ2v) is 9.86. The molecule has 2 aliphatic rings. The van der Waals surface area contributed by atoms with Crippen molar-refractivity contribution in [3.05, 3.63) is 71.1 Å². The Labute approximate surface area is 218 Å². The molecule has 1 fully saturated rings. The van der Waals surface area contributed by atoms with E-state index in [4.69, 9.17) is 0 Å². The van der Waals surface area contributed by atoms with E-state index in [0.717, 1.165) is 16.8 Å². The van der Waals surface area contributed by atoms with Crippen molar-refractivity contribution >= 4 is 23.5 Å². The smallest absolute Gasteiger partial charge is 0.233 e. The molecule has 1 aromatic heterocycles. The van der Waals surface area contributed by atoms with Gasteiger partial charge >= 0.3 is 0 Å². The number of imide groups is 1. The molecule has 1 aromatic carbocycles. The molecule has 37 heavy (non-hydrogen) atoms. The molecule has 1 aliphatic carbocycles. The lowest BCUT2D eigenvalue weighted by molar-refractivity contribution is -0.140. The molecule has 2 aromatic rings. The lowest BCUT2D eigenvalue weighted by atomic mass is 9.67. The van der Waals surface area contributed by atoms with Crippen molar-refractivity contribution < 1.29 is 24.9 Å². The van der Waals surface area contributed by atoms with Crippen LogP contribution in [0.1, 0.15) is 57.2 Å². The first-order valence-corrected chi connectivity index (χ1v) is 13.2. The number of carbonyl (C=O) groups excluding carboxylic acids is 2. The molecule has 4 atom stereocenters. The number of amides is 2. The Morgan fingerprint density at radius 2 is 1.89 bits per heavy atom. The second-order valence-electron chi connectivity index (χ2n) is 9.86. The summed E-state index contributed by atoms with van der Waals surface area (Å²) in [6.45, 7) is 4.00. The maximum atomic E-state index is 13.2. The highest BCUT2D eigenvalue weighted by atomic mass is 16.3. The van der Waals surface area contributed by atoms with Crippen LogP contribution in [0.25, 0.3) is 11.6 Å². The van der Waals surface area contributed by atoms with Crippen LogP contribution in [0.2, 0.25) is 0 Å². The number of hydrogen-bond acceptors (Lipinski definition) is 6. The Hall–Kier alpha value is -3.29. The second kappa shape index (κ2) is 11.8. The first-order chi connectivity index (χ1) is 17.9. The molecular weight excluding hydrogens is 468 g/mol. The maximum Gasteiger partial charge on any atom is 0.233 e. The van der Waals surface area contributed by atoms with E-state index in [9.17, 15) is 24.9 Å². The number of aromatic hydroxyl groups is 1. The molecule has 0 unspecified atom stereocenters. The van der Waals surface area contributed by atoms with Crippen LogP contribution in [-0.2, 0) is 9.59 Å². The molecular formula is C30H36N2O5. The molecule has 2 heterocycles. The van der Waals surface area contributed by atoms with Crippen LogP contribution in [0.15, 0.2) is 59.8 Å². The minimum Gasteiger partial charge on any atom is -0.507 e. The summed E-state index contributed by atoms with van der Waals surface area (Å²) in [5, 5.41) is 32.2. The van der Waals surface area contributed by atoms with Crippen LogP contribution in [0.5, 0.6) is 5.75 Å². The van der Waals surface area contributed by atoms with Gasteiger partial charge in [-0.3, -0.25) is 19.5 Å². The summed E-state index contributed by atoms with van der Waals surface area (Å²) < 4.78 is 0. The third kappa shape index (κ3) is 5.38. The van der Waals surface area contributed by atoms with Gasteiger partial charge < -0.3 is 15.3 Å². The van der Waals surface area contributed by atoms with Crippen molar-refractivity contribution in [3.63, 3.8) is 0 Å². The number of allylic oxidation sites excluding steroid dienone is 2. The van der Waals surface area contributed by atoms with Gasteiger partial charge in [-0.05, 0) is 67.5 Å². The summed E-state index contributed by atoms with van der Waals surface area (Å²) in [6, 6.07) is 12.7. The Kier molecular flexibility index (Phi) is 8.56. The van der Waals surface area contributed by atoms with Crippen molar-refractivity contribution in [2.45, 2.75) is 52.1 Å². The Bertz CT molecular complexity index is 1190. The zero-order valence-corrected chi connectivity index (χ0v) is 21.5. The maximum absolute atomic E-state index is 13.2. The van der Waals surface area contributed by atoms with Gasteiger partial charge in [0.25, 0.3) is 0 Å². The molecule has 3 N–H and O–H groups in total. The van der Waals surface area contributed by atoms with E-state index in [1.807, 2.05) is 50.3 Å². The number of nitrogens with zero attached hydrogens (tertiary/aromatic N) is 2. The third-order valence-electron chi connectivity index (χ3n) is 7.65. The van der Waals surface area contributed by atoms with Gasteiger partial charge in [0.15, 0.2) is 0 Å². The summed E-state index contributed by atoms with van der Waals surface area (Å²) in [6.07, 6.45) is 5.28. The number of aromatic nitrogens is 1. The zero-order chi connectivity index (χ0) is 26.5. The SMILES string of the molecule is CCCN1C(=O)[C@@H]2[C@@H](CC(CC)=C([C@H](O)CC/C(=C/c3ccccc3O)c3ccccn3)[C@@H]2CO)C1=O. The summed E-state index contributed by atoms with van der Waals surface area (Å²) in [4.78, 5) is 32.0. The van der Waals surface area contributed by atoms with E-state index < -0.39 is 23.9 Å². The number of phenols is 1. The fourth-order valence-electron chi connectivity index (χ4n) is 5.88. The molecule has 4 rings (SSSR count). The highest BCUT2D eigenvalue weighted by Crippen LogP contribution is 2.47. The third-order valence-corrected chi connectivity index (χ3v) is 7.65. The number of benzene rings is 1. The lowest BCUT2D eigenvalue weighted by Crippen LogP contribution is -2.39. The van der Waals surface area contributed by atoms with Crippen LogP contribution in [0.4, 0.5) is 0 Å². The van der Waals surface area contributed by atoms with Crippen LogP contribution >= 0.6 is 0 Å². The predicted molar refractivity (Wildman–Crippen MR) is 142 cm³/mol. The first-order valence-electron chi connectivity index (χ1n) is 13.2. The average molecular weight is 505 g/mol. The van der Waals surface area contributed by atoms with E-state index in [0.29, 0.717) is 49.8 Å². The highest BCUT2D eigenvalue weighted by molar-refractivity contribution is 6.05. The average Bonchev–Trinajstić information content (AvgIpc) is 3.15. The van der Waals surface area contributed by atoms with E-state index >= 15 is 0 Å². The molecule has 0 bridgehead atoms. The van der Waals surface area contributed by atoms with Gasteiger partial charge in [-0.25, -0.2) is 0 Å². The van der Waals surface area contributed by atoms with Gasteiger partial charge in [0, 0.05) is 24.2 Å². The van der Waals surface area contributed by atoms with Crippen LogP contribution in [0.3, 0.4) is 0 Å². The van der Waals surface area contributed by atoms with Crippen LogP contribution in [0, 0.1) is 17.8 Å². The number of pyridine rings is 1. The van der Waals surface area contributed by atoms with Gasteiger partial charge in [0.2, 0.25) is 11.8 Å². The highest BCUT2D eigenvalue weighted by Gasteiger charge is 2.54. The van der Waals surface area contributed by atoms with Crippen molar-refractivity contribution in [2.75, 3.05) is 13.2 Å². The van der Waals surface area contributed by atoms with Crippen LogP contribution < -0.4 is 0 Å². The van der Waals surface area contributed by atoms with Gasteiger partial charge in [-0.1, -0.05) is 43.7 Å². The zero-order valence-electron chi connectivity index (χ0n) is 21.5. The van der Waals surface area contributed by atoms with Gasteiger partial charge in [0.1, 0.15) is 5.75 Å². The molecule has 0 radical (unpaired) electrons. The molecule has 7 heteroatoms. The van der Waals surface area contributed by atoms with Gasteiger partial charge in [-0.15, -0.1) is 0 Å². The standard InChI is InChI=1S/C30H36N2O5/c1-3-15-32-29(36)22-17-19(4-2)27(23(18-33)28(22)30(32)37)26(35)13-12-20(24-10-7-8-14-31-24)16-21-9-5-6-11-25(21)34/h5-11,14,16,22-23,26,28,33-35H,3-4,12-13,15,17-18H2,1-2H3/b20-16-/t22-,23+,26-,28-/m1/s1. The largest absolute Gasteiger partial charge is 0.507 e. The first kappa shape index (κ1) is 26.8. The number of para-hydroxylation sites is 1. The summed E-state index contributed by atoms with van der Waals surface area (Å²) in [7, 11) is 0. The fourth-order valence-corrected chi connectivity index (χ4v) is 5.88. The Morgan fingerprint density at radius 1 is 1.14 bits per heavy atom. The van der Waals surface area contributed by atoms with Gasteiger partial charge in [0.05, 0.1) is 30.2 Å². The summed E-state index contributed by atoms with van der Waals surface area (Å²) in [5.41, 5.74) is 3.92. The fraction of sp³-hybridized carbons (Fsp3) is 0.433. The van der Waals surface area contributed by atoms with Crippen LogP contribution in [-0.4, -0.2) is 56.3 Å². The normalized spacial score (nSPS) is 23.0.